The third-order valence-electron chi connectivity index (χ3n) is 3.00. The Kier molecular flexibility index (Phi) is 2.46. The summed E-state index contributed by atoms with van der Waals surface area (Å²) in [5.41, 5.74) is 1.04. The van der Waals surface area contributed by atoms with E-state index in [1.165, 1.54) is 12.2 Å². The summed E-state index contributed by atoms with van der Waals surface area (Å²) in [6, 6.07) is 9.70. The number of carbonyl (C=O) groups is 1. The number of rotatable bonds is 2. The van der Waals surface area contributed by atoms with E-state index in [0.29, 0.717) is 0 Å². The number of hydrogen-bond donors (Lipinski definition) is 1. The van der Waals surface area contributed by atoms with Crippen LogP contribution in [-0.4, -0.2) is 29.4 Å². The molecule has 0 spiro atoms. The molecule has 88 valence electrons. The molecule has 1 aromatic rings. The Morgan fingerprint density at radius 3 is 2.65 bits per heavy atom. The Labute approximate surface area is 98.5 Å². The Morgan fingerprint density at radius 2 is 1.88 bits per heavy atom. The van der Waals surface area contributed by atoms with E-state index in [0.717, 1.165) is 5.56 Å². The van der Waals surface area contributed by atoms with Gasteiger partial charge in [0.2, 0.25) is 0 Å². The normalized spacial score (nSPS) is 35.5. The fraction of sp³-hybridized carbons (Fsp3) is 0.308. The number of esters is 1. The van der Waals surface area contributed by atoms with Gasteiger partial charge in [-0.2, -0.15) is 0 Å². The molecular formula is C13H12O4. The summed E-state index contributed by atoms with van der Waals surface area (Å²) < 4.78 is 10.6. The molecule has 0 bridgehead atoms. The van der Waals surface area contributed by atoms with Gasteiger partial charge in [0, 0.05) is 6.08 Å². The minimum atomic E-state index is -0.786. The maximum absolute atomic E-state index is 11.1. The minimum Gasteiger partial charge on any atom is -0.453 e. The van der Waals surface area contributed by atoms with Crippen LogP contribution >= 0.6 is 0 Å². The summed E-state index contributed by atoms with van der Waals surface area (Å²) in [5.74, 6) is -0.428. The van der Waals surface area contributed by atoms with E-state index in [-0.39, 0.29) is 12.2 Å². The zero-order chi connectivity index (χ0) is 11.8. The second-order valence-corrected chi connectivity index (χ2v) is 4.18. The summed E-state index contributed by atoms with van der Waals surface area (Å²) in [6.07, 6.45) is 0.960. The van der Waals surface area contributed by atoms with Crippen molar-refractivity contribution in [3.05, 3.63) is 48.0 Å². The molecule has 0 radical (unpaired) electrons. The van der Waals surface area contributed by atoms with Crippen LogP contribution in [-0.2, 0) is 14.3 Å². The predicted octanol–water partition coefficient (Wildman–Crippen LogP) is 0.969. The molecule has 4 nitrogen and oxygen atoms in total. The first-order chi connectivity index (χ1) is 8.25. The molecule has 0 aliphatic carbocycles. The molecular weight excluding hydrogens is 220 g/mol. The number of benzene rings is 1. The van der Waals surface area contributed by atoms with Crippen molar-refractivity contribution >= 4 is 5.97 Å². The van der Waals surface area contributed by atoms with Crippen LogP contribution in [0.4, 0.5) is 0 Å². The van der Waals surface area contributed by atoms with Crippen molar-refractivity contribution in [3.63, 3.8) is 0 Å². The van der Waals surface area contributed by atoms with Crippen LogP contribution in [0.3, 0.4) is 0 Å². The van der Waals surface area contributed by atoms with Gasteiger partial charge in [-0.25, -0.2) is 4.79 Å². The maximum atomic E-state index is 11.1. The highest BCUT2D eigenvalue weighted by Gasteiger charge is 2.50. The molecule has 0 unspecified atom stereocenters. The molecule has 1 saturated heterocycles. The van der Waals surface area contributed by atoms with Gasteiger partial charge in [0.15, 0.2) is 6.10 Å². The number of hydrogen-bond acceptors (Lipinski definition) is 4. The lowest BCUT2D eigenvalue weighted by molar-refractivity contribution is -0.150. The molecule has 4 atom stereocenters. The van der Waals surface area contributed by atoms with Gasteiger partial charge in [0.05, 0.1) is 0 Å². The topological polar surface area (TPSA) is 59.1 Å². The number of epoxide rings is 1. The number of aliphatic hydroxyl groups is 1. The first-order valence-electron chi connectivity index (χ1n) is 5.53. The van der Waals surface area contributed by atoms with Crippen LogP contribution in [0.5, 0.6) is 0 Å². The summed E-state index contributed by atoms with van der Waals surface area (Å²) >= 11 is 0. The Hall–Kier alpha value is -1.65. The van der Waals surface area contributed by atoms with Gasteiger partial charge in [-0.1, -0.05) is 30.3 Å². The largest absolute Gasteiger partial charge is 0.453 e. The molecule has 2 aliphatic heterocycles. The van der Waals surface area contributed by atoms with Gasteiger partial charge in [-0.15, -0.1) is 0 Å². The molecule has 2 aliphatic rings. The zero-order valence-corrected chi connectivity index (χ0v) is 9.02. The van der Waals surface area contributed by atoms with Crippen molar-refractivity contribution in [1.29, 1.82) is 0 Å². The molecule has 4 heteroatoms. The van der Waals surface area contributed by atoms with Crippen molar-refractivity contribution in [3.8, 4) is 0 Å². The first-order valence-corrected chi connectivity index (χ1v) is 5.53. The van der Waals surface area contributed by atoms with Crippen LogP contribution < -0.4 is 0 Å². The minimum absolute atomic E-state index is 0.0878. The van der Waals surface area contributed by atoms with Gasteiger partial charge < -0.3 is 14.6 Å². The van der Waals surface area contributed by atoms with Crippen LogP contribution in [0, 0.1) is 0 Å². The van der Waals surface area contributed by atoms with Gasteiger partial charge in [0.1, 0.15) is 18.3 Å². The Balaban J connectivity index is 1.73. The average Bonchev–Trinajstić information content (AvgIpc) is 3.13. The lowest BCUT2D eigenvalue weighted by Crippen LogP contribution is -2.37. The SMILES string of the molecule is O=C1C=C[C@H](O)[C@H]([C@H]2O[C@@H]2c2ccccc2)O1. The number of cyclic esters (lactones) is 1. The van der Waals surface area contributed by atoms with Crippen LogP contribution in [0.2, 0.25) is 0 Å². The first kappa shape index (κ1) is 10.5. The van der Waals surface area contributed by atoms with Crippen molar-refractivity contribution in [2.24, 2.45) is 0 Å². The quantitative estimate of drug-likeness (QED) is 0.609. The molecule has 17 heavy (non-hydrogen) atoms. The van der Waals surface area contributed by atoms with E-state index in [4.69, 9.17) is 9.47 Å². The van der Waals surface area contributed by atoms with Gasteiger partial charge >= 0.3 is 5.97 Å². The summed E-state index contributed by atoms with van der Waals surface area (Å²) in [5, 5.41) is 9.72. The highest BCUT2D eigenvalue weighted by molar-refractivity contribution is 5.83. The lowest BCUT2D eigenvalue weighted by atomic mass is 10.0. The summed E-state index contributed by atoms with van der Waals surface area (Å²) in [6.45, 7) is 0. The van der Waals surface area contributed by atoms with Gasteiger partial charge in [-0.3, -0.25) is 0 Å². The molecule has 0 saturated carbocycles. The monoisotopic (exact) mass is 232 g/mol. The summed E-state index contributed by atoms with van der Waals surface area (Å²) in [7, 11) is 0. The number of carbonyl (C=O) groups excluding carboxylic acids is 1. The number of aliphatic hydroxyl groups excluding tert-OH is 1. The molecule has 2 heterocycles. The Morgan fingerprint density at radius 1 is 1.12 bits per heavy atom. The van der Waals surface area contributed by atoms with Crippen LogP contribution in [0.25, 0.3) is 0 Å². The predicted molar refractivity (Wildman–Crippen MR) is 59.1 cm³/mol. The summed E-state index contributed by atoms with van der Waals surface area (Å²) in [4.78, 5) is 11.1. The van der Waals surface area contributed by atoms with Crippen LogP contribution in [0.1, 0.15) is 11.7 Å². The van der Waals surface area contributed by atoms with E-state index < -0.39 is 18.2 Å². The standard InChI is InChI=1S/C13H12O4/c14-9-6-7-10(15)16-12(9)13-11(17-13)8-4-2-1-3-5-8/h1-7,9,11-14H/t9-,11+,12+,13-/m0/s1. The van der Waals surface area contributed by atoms with Crippen LogP contribution in [0.15, 0.2) is 42.5 Å². The van der Waals surface area contributed by atoms with Crippen molar-refractivity contribution < 1.29 is 19.4 Å². The van der Waals surface area contributed by atoms with Crippen molar-refractivity contribution in [2.75, 3.05) is 0 Å². The fourth-order valence-electron chi connectivity index (χ4n) is 2.08. The smallest absolute Gasteiger partial charge is 0.330 e. The highest BCUT2D eigenvalue weighted by atomic mass is 16.6. The molecule has 1 fully saturated rings. The second kappa shape index (κ2) is 3.98. The average molecular weight is 232 g/mol. The Bertz CT molecular complexity index is 454. The van der Waals surface area contributed by atoms with E-state index in [2.05, 4.69) is 0 Å². The third-order valence-corrected chi connectivity index (χ3v) is 3.00. The van der Waals surface area contributed by atoms with E-state index in [1.807, 2.05) is 30.3 Å². The van der Waals surface area contributed by atoms with E-state index in [9.17, 15) is 9.90 Å². The van der Waals surface area contributed by atoms with Gasteiger partial charge in [-0.05, 0) is 11.6 Å². The van der Waals surface area contributed by atoms with Gasteiger partial charge in [0.25, 0.3) is 0 Å². The lowest BCUT2D eigenvalue weighted by Gasteiger charge is -2.21. The molecule has 0 aromatic heterocycles. The van der Waals surface area contributed by atoms with Crippen molar-refractivity contribution in [2.45, 2.75) is 24.4 Å². The van der Waals surface area contributed by atoms with Crippen molar-refractivity contribution in [1.82, 2.24) is 0 Å². The maximum Gasteiger partial charge on any atom is 0.330 e. The highest BCUT2D eigenvalue weighted by Crippen LogP contribution is 2.43. The molecule has 1 N–H and O–H groups in total. The van der Waals surface area contributed by atoms with E-state index >= 15 is 0 Å². The number of ether oxygens (including phenoxy) is 2. The third kappa shape index (κ3) is 1.97. The molecule has 0 amide bonds. The zero-order valence-electron chi connectivity index (χ0n) is 9.02. The molecule has 1 aromatic carbocycles. The fourth-order valence-corrected chi connectivity index (χ4v) is 2.08. The molecule has 3 rings (SSSR count). The second-order valence-electron chi connectivity index (χ2n) is 4.18. The van der Waals surface area contributed by atoms with E-state index in [1.54, 1.807) is 0 Å².